The van der Waals surface area contributed by atoms with E-state index in [9.17, 15) is 13.2 Å². The predicted molar refractivity (Wildman–Crippen MR) is 126 cm³/mol. The molecule has 0 aliphatic carbocycles. The van der Waals surface area contributed by atoms with Crippen molar-refractivity contribution < 1.29 is 13.2 Å². The van der Waals surface area contributed by atoms with Gasteiger partial charge in [-0.3, -0.25) is 4.79 Å². The van der Waals surface area contributed by atoms with Crippen LogP contribution in [-0.4, -0.2) is 38.8 Å². The Bertz CT molecular complexity index is 1140. The molecule has 0 atom stereocenters. The van der Waals surface area contributed by atoms with Crippen LogP contribution in [0.4, 0.5) is 0 Å². The van der Waals surface area contributed by atoms with E-state index in [1.54, 1.807) is 18.2 Å². The second-order valence-corrected chi connectivity index (χ2v) is 10.2. The van der Waals surface area contributed by atoms with Crippen LogP contribution in [0.1, 0.15) is 37.3 Å². The molecule has 6 heteroatoms. The maximum atomic E-state index is 12.8. The Morgan fingerprint density at radius 1 is 0.968 bits per heavy atom. The monoisotopic (exact) mass is 438 g/mol. The average molecular weight is 439 g/mol. The van der Waals surface area contributed by atoms with Crippen molar-refractivity contribution in [2.24, 2.45) is 0 Å². The Hall–Kier alpha value is -2.70. The summed E-state index contributed by atoms with van der Waals surface area (Å²) in [5.74, 6) is 0.207. The smallest absolute Gasteiger partial charge is 0.243 e. The Labute approximate surface area is 185 Å². The Balaban J connectivity index is 1.49. The Kier molecular flexibility index (Phi) is 7.46. The Morgan fingerprint density at radius 3 is 2.32 bits per heavy atom. The van der Waals surface area contributed by atoms with Crippen molar-refractivity contribution in [3.8, 4) is 0 Å². The van der Waals surface area contributed by atoms with Gasteiger partial charge in [0.1, 0.15) is 0 Å². The number of carbonyl (C=O) groups excluding carboxylic acids is 1. The van der Waals surface area contributed by atoms with Crippen LogP contribution in [0.3, 0.4) is 0 Å². The van der Waals surface area contributed by atoms with Gasteiger partial charge in [0.2, 0.25) is 15.9 Å². The molecule has 0 saturated heterocycles. The molecule has 0 heterocycles. The summed E-state index contributed by atoms with van der Waals surface area (Å²) in [5.41, 5.74) is 2.54. The van der Waals surface area contributed by atoms with Gasteiger partial charge in [0.15, 0.2) is 0 Å². The van der Waals surface area contributed by atoms with E-state index in [1.165, 1.54) is 18.2 Å². The molecule has 0 unspecified atom stereocenters. The summed E-state index contributed by atoms with van der Waals surface area (Å²) in [6, 6.07) is 21.1. The van der Waals surface area contributed by atoms with Gasteiger partial charge in [-0.15, -0.1) is 0 Å². The number of hydrogen-bond acceptors (Lipinski definition) is 3. The molecule has 5 nitrogen and oxygen atoms in total. The maximum Gasteiger partial charge on any atom is 0.243 e. The zero-order valence-corrected chi connectivity index (χ0v) is 19.2. The minimum Gasteiger partial charge on any atom is -0.355 e. The fourth-order valence-corrected chi connectivity index (χ4v) is 4.60. The third-order valence-electron chi connectivity index (χ3n) is 5.41. The van der Waals surface area contributed by atoms with Crippen LogP contribution in [0.2, 0.25) is 0 Å². The maximum absolute atomic E-state index is 12.8. The van der Waals surface area contributed by atoms with Gasteiger partial charge in [-0.25, -0.2) is 8.42 Å². The van der Waals surface area contributed by atoms with Crippen LogP contribution >= 0.6 is 0 Å². The van der Waals surface area contributed by atoms with Crippen LogP contribution in [0, 0.1) is 0 Å². The first-order valence-electron chi connectivity index (χ1n) is 10.6. The van der Waals surface area contributed by atoms with E-state index in [0.717, 1.165) is 27.9 Å². The summed E-state index contributed by atoms with van der Waals surface area (Å²) >= 11 is 0. The summed E-state index contributed by atoms with van der Waals surface area (Å²) in [6.45, 7) is 4.64. The van der Waals surface area contributed by atoms with Crippen molar-refractivity contribution in [3.63, 3.8) is 0 Å². The molecule has 164 valence electrons. The van der Waals surface area contributed by atoms with Gasteiger partial charge in [0.05, 0.1) is 11.4 Å². The lowest BCUT2D eigenvalue weighted by Gasteiger charge is -2.17. The van der Waals surface area contributed by atoms with Crippen LogP contribution in [0.5, 0.6) is 0 Å². The first kappa shape index (κ1) is 23.0. The number of likely N-dealkylation sites (N-methyl/N-ethyl adjacent to an activating group) is 1. The van der Waals surface area contributed by atoms with Crippen molar-refractivity contribution >= 4 is 26.7 Å². The lowest BCUT2D eigenvalue weighted by Crippen LogP contribution is -2.38. The number of fused-ring (bicyclic) bond motifs is 1. The molecule has 1 amide bonds. The molecule has 3 aromatic carbocycles. The largest absolute Gasteiger partial charge is 0.355 e. The molecule has 0 aliphatic rings. The third kappa shape index (κ3) is 5.93. The second kappa shape index (κ2) is 10.1. The van der Waals surface area contributed by atoms with E-state index in [1.807, 2.05) is 24.3 Å². The Morgan fingerprint density at radius 2 is 1.65 bits per heavy atom. The molecule has 0 aliphatic heterocycles. The van der Waals surface area contributed by atoms with Gasteiger partial charge < -0.3 is 5.32 Å². The molecule has 0 radical (unpaired) electrons. The van der Waals surface area contributed by atoms with Gasteiger partial charge in [0, 0.05) is 13.6 Å². The van der Waals surface area contributed by atoms with E-state index in [4.69, 9.17) is 0 Å². The van der Waals surface area contributed by atoms with E-state index in [-0.39, 0.29) is 17.3 Å². The predicted octanol–water partition coefficient (Wildman–Crippen LogP) is 4.33. The number of benzene rings is 3. The summed E-state index contributed by atoms with van der Waals surface area (Å²) in [5, 5.41) is 4.64. The topological polar surface area (TPSA) is 66.5 Å². The van der Waals surface area contributed by atoms with E-state index < -0.39 is 10.0 Å². The summed E-state index contributed by atoms with van der Waals surface area (Å²) in [7, 11) is -2.31. The van der Waals surface area contributed by atoms with Gasteiger partial charge in [-0.05, 0) is 52.8 Å². The third-order valence-corrected chi connectivity index (χ3v) is 7.21. The van der Waals surface area contributed by atoms with Crippen LogP contribution in [-0.2, 0) is 21.2 Å². The molecular formula is C25H30N2O3S. The van der Waals surface area contributed by atoms with Crippen molar-refractivity contribution in [1.82, 2.24) is 9.62 Å². The zero-order chi connectivity index (χ0) is 22.4. The number of nitrogens with zero attached hydrogens (tertiary/aromatic N) is 1. The quantitative estimate of drug-likeness (QED) is 0.506. The lowest BCUT2D eigenvalue weighted by atomic mass is 10.0. The number of carbonyl (C=O) groups is 1. The summed E-state index contributed by atoms with van der Waals surface area (Å²) in [6.07, 6.45) is 1.66. The van der Waals surface area contributed by atoms with Crippen molar-refractivity contribution in [2.75, 3.05) is 20.1 Å². The van der Waals surface area contributed by atoms with Gasteiger partial charge in [-0.1, -0.05) is 68.4 Å². The van der Waals surface area contributed by atoms with Crippen LogP contribution in [0.15, 0.2) is 71.6 Å². The van der Waals surface area contributed by atoms with Gasteiger partial charge >= 0.3 is 0 Å². The number of amides is 1. The van der Waals surface area contributed by atoms with E-state index in [2.05, 4.69) is 43.4 Å². The number of sulfonamides is 1. The molecule has 0 spiro atoms. The summed E-state index contributed by atoms with van der Waals surface area (Å²) in [4.78, 5) is 12.4. The normalized spacial score (nSPS) is 11.9. The number of rotatable bonds is 9. The first-order chi connectivity index (χ1) is 14.8. The molecule has 31 heavy (non-hydrogen) atoms. The molecular weight excluding hydrogens is 408 g/mol. The molecule has 0 aromatic heterocycles. The van der Waals surface area contributed by atoms with Crippen molar-refractivity contribution in [3.05, 3.63) is 77.9 Å². The number of aryl methyl sites for hydroxylation is 1. The highest BCUT2D eigenvalue weighted by molar-refractivity contribution is 7.89. The number of hydrogen-bond donors (Lipinski definition) is 1. The molecule has 0 bridgehead atoms. The van der Waals surface area contributed by atoms with Crippen molar-refractivity contribution in [1.29, 1.82) is 0 Å². The molecule has 3 rings (SSSR count). The fraction of sp³-hybridized carbons (Fsp3) is 0.320. The fourth-order valence-electron chi connectivity index (χ4n) is 3.44. The van der Waals surface area contributed by atoms with Gasteiger partial charge in [-0.2, -0.15) is 4.31 Å². The highest BCUT2D eigenvalue weighted by atomic mass is 32.2. The first-order valence-corrected chi connectivity index (χ1v) is 12.0. The lowest BCUT2D eigenvalue weighted by molar-refractivity contribution is -0.121. The molecule has 0 saturated carbocycles. The second-order valence-electron chi connectivity index (χ2n) is 8.12. The highest BCUT2D eigenvalue weighted by Gasteiger charge is 2.23. The molecule has 1 N–H and O–H groups in total. The zero-order valence-electron chi connectivity index (χ0n) is 18.3. The molecule has 3 aromatic rings. The molecule has 0 fully saturated rings. The standard InChI is InChI=1S/C25H30N2O3S/c1-19(2)21-12-10-20(11-13-21)7-6-16-26-25(28)18-27(3)31(29,30)24-15-14-22-8-4-5-9-23(22)17-24/h4-5,8-15,17,19H,6-7,16,18H2,1-3H3,(H,26,28). The average Bonchev–Trinajstić information content (AvgIpc) is 2.76. The summed E-state index contributed by atoms with van der Waals surface area (Å²) < 4.78 is 26.8. The van der Waals surface area contributed by atoms with Crippen LogP contribution < -0.4 is 5.32 Å². The number of nitrogens with one attached hydrogen (secondary N) is 1. The van der Waals surface area contributed by atoms with Crippen molar-refractivity contribution in [2.45, 2.75) is 37.5 Å². The highest BCUT2D eigenvalue weighted by Crippen LogP contribution is 2.21. The van der Waals surface area contributed by atoms with E-state index in [0.29, 0.717) is 12.5 Å². The minimum absolute atomic E-state index is 0.186. The van der Waals surface area contributed by atoms with Crippen LogP contribution in [0.25, 0.3) is 10.8 Å². The minimum atomic E-state index is -3.74. The SMILES string of the molecule is CC(C)c1ccc(CCCNC(=O)CN(C)S(=O)(=O)c2ccc3ccccc3c2)cc1. The van der Waals surface area contributed by atoms with Gasteiger partial charge in [0.25, 0.3) is 0 Å². The van der Waals surface area contributed by atoms with E-state index >= 15 is 0 Å².